The number of likely N-dealkylation sites (N-methyl/N-ethyl adjacent to an activating group) is 1. The third-order valence-electron chi connectivity index (χ3n) is 6.34. The smallest absolute Gasteiger partial charge is 0.264 e. The number of nitrogens with zero attached hydrogens (tertiary/aromatic N) is 2. The fourth-order valence-corrected chi connectivity index (χ4v) is 5.56. The third-order valence-corrected chi connectivity index (χ3v) is 8.11. The number of benzene rings is 3. The van der Waals surface area contributed by atoms with Crippen LogP contribution < -0.4 is 14.4 Å². The predicted molar refractivity (Wildman–Crippen MR) is 149 cm³/mol. The number of sulfonamides is 1. The number of ether oxygens (including phenoxy) is 1. The summed E-state index contributed by atoms with van der Waals surface area (Å²) in [6.07, 6.45) is 0. The molecule has 3 rings (SSSR count). The summed E-state index contributed by atoms with van der Waals surface area (Å²) in [7, 11) is -1.23. The van der Waals surface area contributed by atoms with E-state index < -0.39 is 28.5 Å². The standard InChI is InChI=1S/C29H35N3O5S/c1-20-10-13-25(14-11-20)38(35,36)32(26-17-22(3)12-15-27(26)37-6)19-28(33)31(23(4)29(34)30-5)18-24-9-7-8-21(2)16-24/h7-17,23H,18-19H2,1-6H3,(H,30,34)/t23-/m0/s1. The molecule has 0 fully saturated rings. The van der Waals surface area contributed by atoms with Gasteiger partial charge in [-0.25, -0.2) is 8.42 Å². The molecule has 0 saturated heterocycles. The molecule has 0 radical (unpaired) electrons. The fourth-order valence-electron chi connectivity index (χ4n) is 4.14. The molecule has 0 unspecified atom stereocenters. The van der Waals surface area contributed by atoms with Crippen molar-refractivity contribution in [1.29, 1.82) is 0 Å². The minimum absolute atomic E-state index is 0.0454. The van der Waals surface area contributed by atoms with Gasteiger partial charge in [0.15, 0.2) is 0 Å². The summed E-state index contributed by atoms with van der Waals surface area (Å²) in [6, 6.07) is 18.4. The Labute approximate surface area is 225 Å². The molecule has 0 bridgehead atoms. The highest BCUT2D eigenvalue weighted by atomic mass is 32.2. The van der Waals surface area contributed by atoms with Crippen LogP contribution in [-0.4, -0.2) is 51.9 Å². The lowest BCUT2D eigenvalue weighted by molar-refractivity contribution is -0.139. The highest BCUT2D eigenvalue weighted by Gasteiger charge is 2.33. The van der Waals surface area contributed by atoms with Crippen LogP contribution in [0.15, 0.2) is 71.6 Å². The van der Waals surface area contributed by atoms with E-state index >= 15 is 0 Å². The Bertz CT molecular complexity index is 1400. The van der Waals surface area contributed by atoms with E-state index in [4.69, 9.17) is 4.74 Å². The lowest BCUT2D eigenvalue weighted by Crippen LogP contribution is -2.50. The topological polar surface area (TPSA) is 96.0 Å². The molecule has 0 saturated carbocycles. The molecule has 9 heteroatoms. The molecule has 3 aromatic carbocycles. The molecular weight excluding hydrogens is 502 g/mol. The van der Waals surface area contributed by atoms with Crippen molar-refractivity contribution in [1.82, 2.24) is 10.2 Å². The minimum atomic E-state index is -4.17. The Morgan fingerprint density at radius 3 is 2.16 bits per heavy atom. The summed E-state index contributed by atoms with van der Waals surface area (Å²) in [6.45, 7) is 6.88. The van der Waals surface area contributed by atoms with Crippen LogP contribution in [0.25, 0.3) is 0 Å². The van der Waals surface area contributed by atoms with Gasteiger partial charge in [-0.3, -0.25) is 13.9 Å². The molecule has 0 aliphatic rings. The first-order valence-corrected chi connectivity index (χ1v) is 13.7. The van der Waals surface area contributed by atoms with Gasteiger partial charge in [-0.2, -0.15) is 0 Å². The Balaban J connectivity index is 2.11. The van der Waals surface area contributed by atoms with Gasteiger partial charge >= 0.3 is 0 Å². The van der Waals surface area contributed by atoms with E-state index in [1.807, 2.05) is 45.0 Å². The van der Waals surface area contributed by atoms with E-state index in [0.717, 1.165) is 26.6 Å². The maximum atomic E-state index is 14.0. The average molecular weight is 538 g/mol. The molecule has 0 aliphatic carbocycles. The summed E-state index contributed by atoms with van der Waals surface area (Å²) in [5, 5.41) is 2.58. The normalized spacial score (nSPS) is 11.9. The van der Waals surface area contributed by atoms with Crippen LogP contribution in [0.4, 0.5) is 5.69 Å². The number of nitrogens with one attached hydrogen (secondary N) is 1. The zero-order chi connectivity index (χ0) is 28.0. The van der Waals surface area contributed by atoms with Crippen molar-refractivity contribution < 1.29 is 22.7 Å². The summed E-state index contributed by atoms with van der Waals surface area (Å²) in [5.41, 5.74) is 3.78. The summed E-state index contributed by atoms with van der Waals surface area (Å²) in [4.78, 5) is 27.9. The van der Waals surface area contributed by atoms with Crippen molar-refractivity contribution in [2.24, 2.45) is 0 Å². The molecular formula is C29H35N3O5S. The van der Waals surface area contributed by atoms with Gasteiger partial charge in [0.05, 0.1) is 17.7 Å². The molecule has 0 aliphatic heterocycles. The zero-order valence-corrected chi connectivity index (χ0v) is 23.5. The van der Waals surface area contributed by atoms with E-state index in [1.165, 1.54) is 31.2 Å². The van der Waals surface area contributed by atoms with E-state index in [1.54, 1.807) is 37.3 Å². The molecule has 1 atom stereocenters. The summed E-state index contributed by atoms with van der Waals surface area (Å²) in [5.74, 6) is -0.572. The second-order valence-electron chi connectivity index (χ2n) is 9.30. The molecule has 0 aromatic heterocycles. The van der Waals surface area contributed by atoms with E-state index in [0.29, 0.717) is 5.75 Å². The number of hydrogen-bond donors (Lipinski definition) is 1. The highest BCUT2D eigenvalue weighted by molar-refractivity contribution is 7.92. The van der Waals surface area contributed by atoms with E-state index in [9.17, 15) is 18.0 Å². The molecule has 38 heavy (non-hydrogen) atoms. The number of rotatable bonds is 10. The number of amides is 2. The Morgan fingerprint density at radius 1 is 0.921 bits per heavy atom. The summed E-state index contributed by atoms with van der Waals surface area (Å²) >= 11 is 0. The van der Waals surface area contributed by atoms with Crippen LogP contribution in [0, 0.1) is 20.8 Å². The van der Waals surface area contributed by atoms with Gasteiger partial charge in [0.2, 0.25) is 11.8 Å². The van der Waals surface area contributed by atoms with Crippen LogP contribution in [0.1, 0.15) is 29.2 Å². The van der Waals surface area contributed by atoms with Gasteiger partial charge in [0.25, 0.3) is 10.0 Å². The Morgan fingerprint density at radius 2 is 1.55 bits per heavy atom. The average Bonchev–Trinajstić information content (AvgIpc) is 2.89. The van der Waals surface area contributed by atoms with Gasteiger partial charge in [-0.15, -0.1) is 0 Å². The van der Waals surface area contributed by atoms with Crippen molar-refractivity contribution in [3.8, 4) is 5.75 Å². The van der Waals surface area contributed by atoms with Gasteiger partial charge in [-0.05, 0) is 63.1 Å². The maximum Gasteiger partial charge on any atom is 0.264 e. The SMILES string of the molecule is CNC(=O)[C@H](C)N(Cc1cccc(C)c1)C(=O)CN(c1cc(C)ccc1OC)S(=O)(=O)c1ccc(C)cc1. The molecule has 2 amide bonds. The lowest BCUT2D eigenvalue weighted by atomic mass is 10.1. The first-order chi connectivity index (χ1) is 18.0. The molecule has 8 nitrogen and oxygen atoms in total. The molecule has 202 valence electrons. The lowest BCUT2D eigenvalue weighted by Gasteiger charge is -2.32. The Hall–Kier alpha value is -3.85. The molecule has 0 spiro atoms. The maximum absolute atomic E-state index is 14.0. The van der Waals surface area contributed by atoms with Gasteiger partial charge < -0.3 is 15.0 Å². The van der Waals surface area contributed by atoms with Crippen LogP contribution in [0.3, 0.4) is 0 Å². The molecule has 0 heterocycles. The Kier molecular flexibility index (Phi) is 9.17. The number of anilines is 1. The number of carbonyl (C=O) groups is 2. The van der Waals surface area contributed by atoms with Crippen LogP contribution in [-0.2, 0) is 26.2 Å². The van der Waals surface area contributed by atoms with Crippen molar-refractivity contribution in [3.63, 3.8) is 0 Å². The number of methoxy groups -OCH3 is 1. The first kappa shape index (κ1) is 28.7. The van der Waals surface area contributed by atoms with Gasteiger partial charge in [0, 0.05) is 13.6 Å². The van der Waals surface area contributed by atoms with Crippen LogP contribution >= 0.6 is 0 Å². The molecule has 1 N–H and O–H groups in total. The van der Waals surface area contributed by atoms with E-state index in [-0.39, 0.29) is 23.0 Å². The third kappa shape index (κ3) is 6.52. The second-order valence-corrected chi connectivity index (χ2v) is 11.2. The largest absolute Gasteiger partial charge is 0.495 e. The number of hydrogen-bond acceptors (Lipinski definition) is 5. The summed E-state index contributed by atoms with van der Waals surface area (Å²) < 4.78 is 34.5. The van der Waals surface area contributed by atoms with Crippen LogP contribution in [0.2, 0.25) is 0 Å². The van der Waals surface area contributed by atoms with Crippen molar-refractivity contribution in [2.45, 2.75) is 45.2 Å². The van der Waals surface area contributed by atoms with Crippen molar-refractivity contribution in [2.75, 3.05) is 25.0 Å². The number of aryl methyl sites for hydroxylation is 3. The number of carbonyl (C=O) groups excluding carboxylic acids is 2. The van der Waals surface area contributed by atoms with Gasteiger partial charge in [-0.1, -0.05) is 53.6 Å². The quantitative estimate of drug-likeness (QED) is 0.422. The first-order valence-electron chi connectivity index (χ1n) is 12.3. The van der Waals surface area contributed by atoms with E-state index in [2.05, 4.69) is 5.32 Å². The zero-order valence-electron chi connectivity index (χ0n) is 22.7. The second kappa shape index (κ2) is 12.1. The predicted octanol–water partition coefficient (Wildman–Crippen LogP) is 3.98. The fraction of sp³-hybridized carbons (Fsp3) is 0.310. The van der Waals surface area contributed by atoms with Crippen molar-refractivity contribution in [3.05, 3.63) is 89.0 Å². The minimum Gasteiger partial charge on any atom is -0.495 e. The van der Waals surface area contributed by atoms with Gasteiger partial charge in [0.1, 0.15) is 18.3 Å². The van der Waals surface area contributed by atoms with Crippen LogP contribution in [0.5, 0.6) is 5.75 Å². The highest BCUT2D eigenvalue weighted by Crippen LogP contribution is 2.33. The molecule has 3 aromatic rings. The van der Waals surface area contributed by atoms with Crippen molar-refractivity contribution >= 4 is 27.5 Å². The monoisotopic (exact) mass is 537 g/mol.